The number of rotatable bonds is 13. The lowest BCUT2D eigenvalue weighted by Crippen LogP contribution is -2.30. The fourth-order valence-electron chi connectivity index (χ4n) is 3.44. The van der Waals surface area contributed by atoms with Gasteiger partial charge >= 0.3 is 0 Å². The van der Waals surface area contributed by atoms with E-state index in [9.17, 15) is 14.4 Å². The van der Waals surface area contributed by atoms with Crippen LogP contribution in [0.4, 0.5) is 28.8 Å². The van der Waals surface area contributed by atoms with Crippen LogP contribution in [0.5, 0.6) is 11.5 Å². The number of carbonyl (C=O) groups excluding carboxylic acids is 3. The molecule has 0 aliphatic heterocycles. The maximum Gasteiger partial charge on any atom is 0.294 e. The Morgan fingerprint density at radius 3 is 2.41 bits per heavy atom. The molecule has 0 fully saturated rings. The van der Waals surface area contributed by atoms with Gasteiger partial charge in [-0.25, -0.2) is 4.98 Å². The molecule has 0 spiro atoms. The van der Waals surface area contributed by atoms with Crippen molar-refractivity contribution in [3.8, 4) is 11.5 Å². The smallest absolute Gasteiger partial charge is 0.294 e. The molecule has 1 heterocycles. The molecule has 13 heteroatoms. The summed E-state index contributed by atoms with van der Waals surface area (Å²) in [6.07, 6.45) is 2.52. The maximum absolute atomic E-state index is 12.7. The predicted octanol–water partition coefficient (Wildman–Crippen LogP) is 3.96. The van der Waals surface area contributed by atoms with Gasteiger partial charge in [0.15, 0.2) is 5.82 Å². The van der Waals surface area contributed by atoms with Crippen LogP contribution in [0.2, 0.25) is 5.02 Å². The van der Waals surface area contributed by atoms with E-state index in [-0.39, 0.29) is 22.4 Å². The Morgan fingerprint density at radius 1 is 1.02 bits per heavy atom. The Labute approximate surface area is 243 Å². The van der Waals surface area contributed by atoms with Crippen LogP contribution in [0.15, 0.2) is 55.3 Å². The zero-order valence-corrected chi connectivity index (χ0v) is 24.2. The number of nitrogens with one attached hydrogen (secondary N) is 3. The van der Waals surface area contributed by atoms with E-state index < -0.39 is 17.6 Å². The number of likely N-dealkylation sites (N-methyl/N-ethyl adjacent to an activating group) is 2. The van der Waals surface area contributed by atoms with Crippen LogP contribution in [-0.2, 0) is 9.59 Å². The number of anilines is 5. The minimum absolute atomic E-state index is 0.130. The highest BCUT2D eigenvalue weighted by molar-refractivity contribution is 6.43. The molecule has 12 nitrogen and oxygen atoms in total. The van der Waals surface area contributed by atoms with Crippen molar-refractivity contribution in [3.63, 3.8) is 0 Å². The van der Waals surface area contributed by atoms with Gasteiger partial charge in [-0.15, -0.1) is 0 Å². The SMILES string of the molecule is C=CC(=O)Nc1cc(Nc2ncc(Cl)c(Nc3ccccc3C(=O)C(=O)N(C)C)n2)c(OC)cc1OCCN(C)C. The van der Waals surface area contributed by atoms with E-state index in [0.29, 0.717) is 41.7 Å². The monoisotopic (exact) mass is 581 g/mol. The lowest BCUT2D eigenvalue weighted by molar-refractivity contribution is -0.124. The summed E-state index contributed by atoms with van der Waals surface area (Å²) in [6.45, 7) is 4.53. The molecule has 3 N–H and O–H groups in total. The molecule has 0 unspecified atom stereocenters. The van der Waals surface area contributed by atoms with E-state index in [0.717, 1.165) is 6.08 Å². The van der Waals surface area contributed by atoms with Crippen molar-refractivity contribution in [1.82, 2.24) is 19.8 Å². The lowest BCUT2D eigenvalue weighted by atomic mass is 10.1. The Hall–Kier alpha value is -4.68. The number of hydrogen-bond donors (Lipinski definition) is 3. The minimum atomic E-state index is -0.687. The summed E-state index contributed by atoms with van der Waals surface area (Å²) in [5.74, 6) is -0.668. The van der Waals surface area contributed by atoms with Crippen LogP contribution in [0.25, 0.3) is 0 Å². The molecule has 3 aromatic rings. The molecule has 0 saturated carbocycles. The number of methoxy groups -OCH3 is 1. The number of para-hydroxylation sites is 1. The van der Waals surface area contributed by atoms with Crippen LogP contribution in [-0.4, -0.2) is 85.8 Å². The van der Waals surface area contributed by atoms with Gasteiger partial charge in [-0.1, -0.05) is 30.3 Å². The third kappa shape index (κ3) is 8.16. The number of halogens is 1. The van der Waals surface area contributed by atoms with Crippen molar-refractivity contribution >= 4 is 58.0 Å². The first-order valence-corrected chi connectivity index (χ1v) is 12.8. The van der Waals surface area contributed by atoms with Crippen molar-refractivity contribution in [2.24, 2.45) is 0 Å². The molecular weight excluding hydrogens is 550 g/mol. The minimum Gasteiger partial charge on any atom is -0.494 e. The summed E-state index contributed by atoms with van der Waals surface area (Å²) in [6, 6.07) is 9.78. The number of hydrogen-bond acceptors (Lipinski definition) is 10. The van der Waals surface area contributed by atoms with Gasteiger partial charge in [0.2, 0.25) is 11.9 Å². The van der Waals surface area contributed by atoms with Crippen LogP contribution in [0.1, 0.15) is 10.4 Å². The third-order valence-corrected chi connectivity index (χ3v) is 5.83. The van der Waals surface area contributed by atoms with Crippen molar-refractivity contribution in [3.05, 3.63) is 65.8 Å². The number of nitrogens with zero attached hydrogens (tertiary/aromatic N) is 4. The molecule has 41 heavy (non-hydrogen) atoms. The van der Waals surface area contributed by atoms with Crippen LogP contribution < -0.4 is 25.4 Å². The molecule has 0 saturated heterocycles. The van der Waals surface area contributed by atoms with Gasteiger partial charge in [0, 0.05) is 26.7 Å². The highest BCUT2D eigenvalue weighted by Crippen LogP contribution is 2.38. The maximum atomic E-state index is 12.7. The fraction of sp³-hybridized carbons (Fsp3) is 0.250. The van der Waals surface area contributed by atoms with Gasteiger partial charge in [-0.2, -0.15) is 4.98 Å². The number of ether oxygens (including phenoxy) is 2. The molecule has 3 rings (SSSR count). The standard InChI is InChI=1S/C28H32ClN7O5/c1-7-24(37)31-21-14-20(22(40-6)15-23(21)41-13-12-35(2)3)33-28-30-16-18(29)26(34-28)32-19-11-9-8-10-17(19)25(38)27(39)36(4)5/h7-11,14-16H,1,12-13H2,2-6H3,(H,31,37)(H2,30,32,33,34). The van der Waals surface area contributed by atoms with Crippen molar-refractivity contribution in [2.75, 3.05) is 64.4 Å². The second-order valence-electron chi connectivity index (χ2n) is 9.11. The van der Waals surface area contributed by atoms with E-state index in [4.69, 9.17) is 21.1 Å². The van der Waals surface area contributed by atoms with E-state index in [1.165, 1.54) is 38.4 Å². The highest BCUT2D eigenvalue weighted by atomic mass is 35.5. The molecule has 0 radical (unpaired) electrons. The summed E-state index contributed by atoms with van der Waals surface area (Å²) in [7, 11) is 8.34. The predicted molar refractivity (Wildman–Crippen MR) is 159 cm³/mol. The Bertz CT molecular complexity index is 1450. The third-order valence-electron chi connectivity index (χ3n) is 5.56. The zero-order chi connectivity index (χ0) is 30.1. The molecule has 216 valence electrons. The molecule has 0 aliphatic carbocycles. The number of aromatic nitrogens is 2. The second-order valence-corrected chi connectivity index (χ2v) is 9.52. The van der Waals surface area contributed by atoms with Gasteiger partial charge in [-0.05, 0) is 38.4 Å². The number of amides is 2. The van der Waals surface area contributed by atoms with E-state index in [2.05, 4.69) is 32.5 Å². The van der Waals surface area contributed by atoms with Gasteiger partial charge in [0.05, 0.1) is 35.9 Å². The second kappa shape index (κ2) is 14.1. The first-order valence-electron chi connectivity index (χ1n) is 12.4. The lowest BCUT2D eigenvalue weighted by Gasteiger charge is -2.18. The summed E-state index contributed by atoms with van der Waals surface area (Å²) < 4.78 is 11.4. The first kappa shape index (κ1) is 30.9. The molecule has 2 aromatic carbocycles. The van der Waals surface area contributed by atoms with Gasteiger partial charge in [0.25, 0.3) is 11.7 Å². The van der Waals surface area contributed by atoms with Gasteiger partial charge in [-0.3, -0.25) is 14.4 Å². The first-order chi connectivity index (χ1) is 19.5. The molecule has 0 bridgehead atoms. The van der Waals surface area contributed by atoms with E-state index in [1.807, 2.05) is 19.0 Å². The normalized spacial score (nSPS) is 10.5. The molecular formula is C28H32ClN7O5. The van der Waals surface area contributed by atoms with Crippen molar-refractivity contribution in [1.29, 1.82) is 0 Å². The highest BCUT2D eigenvalue weighted by Gasteiger charge is 2.22. The fourth-order valence-corrected chi connectivity index (χ4v) is 3.58. The number of benzene rings is 2. The molecule has 1 aromatic heterocycles. The zero-order valence-electron chi connectivity index (χ0n) is 23.4. The average Bonchev–Trinajstić information content (AvgIpc) is 2.94. The number of carbonyl (C=O) groups is 3. The van der Waals surface area contributed by atoms with Crippen LogP contribution >= 0.6 is 11.6 Å². The summed E-state index contributed by atoms with van der Waals surface area (Å²) in [5, 5.41) is 8.99. The summed E-state index contributed by atoms with van der Waals surface area (Å²) >= 11 is 6.37. The topological polar surface area (TPSA) is 138 Å². The van der Waals surface area contributed by atoms with E-state index in [1.54, 1.807) is 30.3 Å². The van der Waals surface area contributed by atoms with E-state index >= 15 is 0 Å². The van der Waals surface area contributed by atoms with Crippen molar-refractivity contribution < 1.29 is 23.9 Å². The number of ketones is 1. The van der Waals surface area contributed by atoms with Crippen molar-refractivity contribution in [2.45, 2.75) is 0 Å². The Kier molecular flexibility index (Phi) is 10.6. The van der Waals surface area contributed by atoms with Crippen LogP contribution in [0, 0.1) is 0 Å². The molecule has 0 aliphatic rings. The van der Waals surface area contributed by atoms with Gasteiger partial charge in [0.1, 0.15) is 23.1 Å². The molecule has 2 amide bonds. The largest absolute Gasteiger partial charge is 0.494 e. The summed E-state index contributed by atoms with van der Waals surface area (Å²) in [4.78, 5) is 49.0. The molecule has 0 atom stereocenters. The Balaban J connectivity index is 1.94. The summed E-state index contributed by atoms with van der Waals surface area (Å²) in [5.41, 5.74) is 1.30. The van der Waals surface area contributed by atoms with Crippen LogP contribution in [0.3, 0.4) is 0 Å². The average molecular weight is 582 g/mol. The Morgan fingerprint density at radius 2 is 1.76 bits per heavy atom. The van der Waals surface area contributed by atoms with Gasteiger partial charge < -0.3 is 35.2 Å². The quantitative estimate of drug-likeness (QED) is 0.154. The number of Topliss-reactive ketones (excluding diaryl/α,β-unsaturated/α-hetero) is 1.